The smallest absolute Gasteiger partial charge is 0.133 e. The minimum absolute atomic E-state index is 0.456. The molecule has 3 heteroatoms. The molecule has 0 saturated carbocycles. The van der Waals surface area contributed by atoms with E-state index in [2.05, 4.69) is 5.16 Å². The molecule has 0 unspecified atom stereocenters. The topological polar surface area (TPSA) is 52.0 Å². The lowest BCUT2D eigenvalue weighted by atomic mass is 10.4. The van der Waals surface area contributed by atoms with Crippen LogP contribution in [0.4, 0.5) is 0 Å². The molecule has 1 aromatic heterocycles. The van der Waals surface area contributed by atoms with Crippen LogP contribution < -0.4 is 5.73 Å². The first-order valence-electron chi connectivity index (χ1n) is 3.45. The van der Waals surface area contributed by atoms with Crippen LogP contribution in [0.1, 0.15) is 25.3 Å². The van der Waals surface area contributed by atoms with Gasteiger partial charge in [0.1, 0.15) is 5.76 Å². The highest BCUT2D eigenvalue weighted by atomic mass is 16.5. The van der Waals surface area contributed by atoms with Gasteiger partial charge in [-0.25, -0.2) is 0 Å². The van der Waals surface area contributed by atoms with Crippen molar-refractivity contribution < 1.29 is 4.52 Å². The standard InChI is InChI=1S/C5H8N2O.C2H6/c1-4-2-5(3-6)7-8-4;1-2/h2H,3,6H2,1H3;1-2H3. The molecule has 0 aliphatic rings. The highest BCUT2D eigenvalue weighted by Gasteiger charge is 1.93. The summed E-state index contributed by atoms with van der Waals surface area (Å²) in [6.07, 6.45) is 0. The number of aromatic nitrogens is 1. The predicted octanol–water partition coefficient (Wildman–Crippen LogP) is 1.47. The molecular weight excluding hydrogens is 128 g/mol. The van der Waals surface area contributed by atoms with Crippen molar-refractivity contribution in [2.45, 2.75) is 27.3 Å². The fraction of sp³-hybridized carbons (Fsp3) is 0.571. The van der Waals surface area contributed by atoms with Crippen molar-refractivity contribution in [3.63, 3.8) is 0 Å². The maximum Gasteiger partial charge on any atom is 0.133 e. The first-order valence-corrected chi connectivity index (χ1v) is 3.45. The molecule has 0 aliphatic heterocycles. The van der Waals surface area contributed by atoms with Crippen LogP contribution in [0.5, 0.6) is 0 Å². The summed E-state index contributed by atoms with van der Waals surface area (Å²) < 4.78 is 4.73. The van der Waals surface area contributed by atoms with Gasteiger partial charge >= 0.3 is 0 Å². The van der Waals surface area contributed by atoms with Gasteiger partial charge in [-0.05, 0) is 6.92 Å². The zero-order chi connectivity index (χ0) is 7.98. The summed E-state index contributed by atoms with van der Waals surface area (Å²) in [5.74, 6) is 0.811. The van der Waals surface area contributed by atoms with E-state index in [-0.39, 0.29) is 0 Å². The monoisotopic (exact) mass is 142 g/mol. The maximum absolute atomic E-state index is 5.24. The summed E-state index contributed by atoms with van der Waals surface area (Å²) in [5.41, 5.74) is 6.05. The van der Waals surface area contributed by atoms with Crippen LogP contribution in [0.25, 0.3) is 0 Å². The molecule has 0 fully saturated rings. The lowest BCUT2D eigenvalue weighted by Gasteiger charge is -1.76. The van der Waals surface area contributed by atoms with Gasteiger partial charge in [-0.1, -0.05) is 19.0 Å². The third-order valence-corrected chi connectivity index (χ3v) is 0.886. The summed E-state index contributed by atoms with van der Waals surface area (Å²) in [4.78, 5) is 0. The molecule has 1 rings (SSSR count). The van der Waals surface area contributed by atoms with Crippen molar-refractivity contribution >= 4 is 0 Å². The van der Waals surface area contributed by atoms with E-state index in [1.165, 1.54) is 0 Å². The van der Waals surface area contributed by atoms with Gasteiger partial charge in [-0.3, -0.25) is 0 Å². The second-order valence-electron chi connectivity index (χ2n) is 1.63. The lowest BCUT2D eigenvalue weighted by molar-refractivity contribution is 0.391. The molecule has 1 heterocycles. The molecule has 0 atom stereocenters. The van der Waals surface area contributed by atoms with E-state index in [0.717, 1.165) is 11.5 Å². The average Bonchev–Trinajstić information content (AvgIpc) is 2.40. The van der Waals surface area contributed by atoms with E-state index in [0.29, 0.717) is 6.54 Å². The van der Waals surface area contributed by atoms with Crippen LogP contribution >= 0.6 is 0 Å². The Hall–Kier alpha value is -0.830. The maximum atomic E-state index is 5.24. The van der Waals surface area contributed by atoms with Gasteiger partial charge in [-0.15, -0.1) is 0 Å². The zero-order valence-electron chi connectivity index (χ0n) is 6.72. The second kappa shape index (κ2) is 4.99. The van der Waals surface area contributed by atoms with Crippen molar-refractivity contribution in [2.75, 3.05) is 0 Å². The fourth-order valence-corrected chi connectivity index (χ4v) is 0.514. The number of nitrogens with two attached hydrogens (primary N) is 1. The molecule has 0 aromatic carbocycles. The molecule has 1 aromatic rings. The lowest BCUT2D eigenvalue weighted by Crippen LogP contribution is -1.94. The van der Waals surface area contributed by atoms with Crippen LogP contribution in [0, 0.1) is 6.92 Å². The van der Waals surface area contributed by atoms with E-state index in [1.807, 2.05) is 26.8 Å². The van der Waals surface area contributed by atoms with Crippen molar-refractivity contribution in [2.24, 2.45) is 5.73 Å². The van der Waals surface area contributed by atoms with Crippen LogP contribution in [0.15, 0.2) is 10.6 Å². The summed E-state index contributed by atoms with van der Waals surface area (Å²) in [6, 6.07) is 1.82. The van der Waals surface area contributed by atoms with Gasteiger partial charge in [0.25, 0.3) is 0 Å². The SMILES string of the molecule is CC.Cc1cc(CN)no1. The number of nitrogens with zero attached hydrogens (tertiary/aromatic N) is 1. The van der Waals surface area contributed by atoms with Gasteiger partial charge in [-0.2, -0.15) is 0 Å². The van der Waals surface area contributed by atoms with Crippen molar-refractivity contribution in [3.8, 4) is 0 Å². The molecule has 3 nitrogen and oxygen atoms in total. The van der Waals surface area contributed by atoms with E-state index < -0.39 is 0 Å². The summed E-state index contributed by atoms with van der Waals surface area (Å²) >= 11 is 0. The zero-order valence-corrected chi connectivity index (χ0v) is 6.72. The quantitative estimate of drug-likeness (QED) is 0.646. The largest absolute Gasteiger partial charge is 0.361 e. The van der Waals surface area contributed by atoms with Crippen LogP contribution in [-0.2, 0) is 6.54 Å². The summed E-state index contributed by atoms with van der Waals surface area (Å²) in [7, 11) is 0. The third kappa shape index (κ3) is 2.64. The molecule has 0 amide bonds. The predicted molar refractivity (Wildman–Crippen MR) is 40.5 cm³/mol. The molecule has 10 heavy (non-hydrogen) atoms. The number of aryl methyl sites for hydroxylation is 1. The Morgan fingerprint density at radius 2 is 2.20 bits per heavy atom. The average molecular weight is 142 g/mol. The van der Waals surface area contributed by atoms with Gasteiger partial charge in [0.05, 0.1) is 5.69 Å². The Labute approximate surface area is 61.2 Å². The normalized spacial score (nSPS) is 8.40. The first-order chi connectivity index (χ1) is 4.83. The Balaban J connectivity index is 0.000000371. The van der Waals surface area contributed by atoms with Crippen molar-refractivity contribution in [1.29, 1.82) is 0 Å². The molecule has 0 radical (unpaired) electrons. The summed E-state index contributed by atoms with van der Waals surface area (Å²) in [5, 5.41) is 3.63. The van der Waals surface area contributed by atoms with Gasteiger partial charge in [0, 0.05) is 12.6 Å². The second-order valence-corrected chi connectivity index (χ2v) is 1.63. The molecule has 0 aliphatic carbocycles. The van der Waals surface area contributed by atoms with E-state index in [1.54, 1.807) is 0 Å². The molecule has 0 spiro atoms. The minimum Gasteiger partial charge on any atom is -0.361 e. The van der Waals surface area contributed by atoms with E-state index >= 15 is 0 Å². The first kappa shape index (κ1) is 9.17. The number of hydrogen-bond donors (Lipinski definition) is 1. The van der Waals surface area contributed by atoms with Crippen molar-refractivity contribution in [1.82, 2.24) is 5.16 Å². The molecular formula is C7H14N2O. The van der Waals surface area contributed by atoms with Gasteiger partial charge < -0.3 is 10.3 Å². The Morgan fingerprint density at radius 3 is 2.40 bits per heavy atom. The van der Waals surface area contributed by atoms with Crippen LogP contribution in [0.2, 0.25) is 0 Å². The summed E-state index contributed by atoms with van der Waals surface area (Å²) in [6.45, 7) is 6.30. The fourth-order valence-electron chi connectivity index (χ4n) is 0.514. The number of rotatable bonds is 1. The molecule has 58 valence electrons. The highest BCUT2D eigenvalue weighted by molar-refractivity contribution is 5.02. The van der Waals surface area contributed by atoms with Crippen LogP contribution in [0.3, 0.4) is 0 Å². The van der Waals surface area contributed by atoms with Gasteiger partial charge in [0.15, 0.2) is 0 Å². The minimum atomic E-state index is 0.456. The molecule has 0 saturated heterocycles. The van der Waals surface area contributed by atoms with Crippen LogP contribution in [-0.4, -0.2) is 5.16 Å². The van der Waals surface area contributed by atoms with Gasteiger partial charge in [0.2, 0.25) is 0 Å². The third-order valence-electron chi connectivity index (χ3n) is 0.886. The Morgan fingerprint density at radius 1 is 1.60 bits per heavy atom. The highest BCUT2D eigenvalue weighted by Crippen LogP contribution is 1.98. The Bertz CT molecular complexity index is 172. The molecule has 0 bridgehead atoms. The Kier molecular flexibility index (Phi) is 4.58. The van der Waals surface area contributed by atoms with E-state index in [4.69, 9.17) is 10.3 Å². The molecule has 2 N–H and O–H groups in total. The van der Waals surface area contributed by atoms with E-state index in [9.17, 15) is 0 Å². The number of hydrogen-bond acceptors (Lipinski definition) is 3. The van der Waals surface area contributed by atoms with Crippen molar-refractivity contribution in [3.05, 3.63) is 17.5 Å².